The van der Waals surface area contributed by atoms with Crippen molar-refractivity contribution in [3.63, 3.8) is 0 Å². The van der Waals surface area contributed by atoms with E-state index in [4.69, 9.17) is 6.42 Å². The van der Waals surface area contributed by atoms with Gasteiger partial charge in [0.2, 0.25) is 0 Å². The highest BCUT2D eigenvalue weighted by Gasteiger charge is 2.31. The van der Waals surface area contributed by atoms with Gasteiger partial charge in [-0.1, -0.05) is 18.2 Å². The Kier molecular flexibility index (Phi) is 3.40. The van der Waals surface area contributed by atoms with Gasteiger partial charge in [0, 0.05) is 12.6 Å². The normalized spacial score (nSPS) is 13.6. The predicted octanol–water partition coefficient (Wildman–Crippen LogP) is 2.48. The number of hydrogen-bond acceptors (Lipinski definition) is 2. The molecule has 0 aliphatic carbocycles. The molecule has 1 N–H and O–H groups in total. The van der Waals surface area contributed by atoms with Crippen LogP contribution in [0.1, 0.15) is 17.7 Å². The maximum Gasteiger partial charge on any atom is 0.142 e. The summed E-state index contributed by atoms with van der Waals surface area (Å²) in [7, 11) is 0. The number of rotatable bonds is 3. The Morgan fingerprint density at radius 2 is 1.94 bits per heavy atom. The van der Waals surface area contributed by atoms with Crippen LogP contribution in [-0.2, 0) is 5.60 Å². The molecule has 0 saturated heterocycles. The summed E-state index contributed by atoms with van der Waals surface area (Å²) >= 11 is 0. The van der Waals surface area contributed by atoms with E-state index in [1.165, 1.54) is 24.3 Å². The van der Waals surface area contributed by atoms with Crippen LogP contribution in [0.3, 0.4) is 0 Å². The highest BCUT2D eigenvalue weighted by molar-refractivity contribution is 5.33. The third-order valence-corrected chi connectivity index (χ3v) is 2.77. The van der Waals surface area contributed by atoms with Crippen molar-refractivity contribution in [1.29, 1.82) is 0 Å². The molecule has 2 aromatic rings. The zero-order valence-electron chi connectivity index (χ0n) is 9.68. The van der Waals surface area contributed by atoms with Crippen molar-refractivity contribution in [3.8, 4) is 12.3 Å². The molecule has 1 heterocycles. The Morgan fingerprint density at radius 1 is 1.22 bits per heavy atom. The van der Waals surface area contributed by atoms with Gasteiger partial charge in [-0.3, -0.25) is 4.98 Å². The van der Waals surface area contributed by atoms with Gasteiger partial charge in [0.05, 0.1) is 5.69 Å². The third kappa shape index (κ3) is 2.24. The standard InChI is InChI=1S/C15H12FNO/c1-2-10-15(18,14-5-3-4-11-17-14)12-6-8-13(16)9-7-12/h1,3-9,11,18H,10H2. The second-order valence-corrected chi connectivity index (χ2v) is 3.96. The van der Waals surface area contributed by atoms with Gasteiger partial charge in [0.25, 0.3) is 0 Å². The highest BCUT2D eigenvalue weighted by Crippen LogP contribution is 2.31. The van der Waals surface area contributed by atoms with Crippen molar-refractivity contribution in [1.82, 2.24) is 4.98 Å². The highest BCUT2D eigenvalue weighted by atomic mass is 19.1. The molecule has 3 heteroatoms. The Morgan fingerprint density at radius 3 is 2.50 bits per heavy atom. The first-order valence-electron chi connectivity index (χ1n) is 5.50. The largest absolute Gasteiger partial charge is 0.378 e. The quantitative estimate of drug-likeness (QED) is 0.837. The SMILES string of the molecule is C#CCC(O)(c1ccc(F)cc1)c1ccccn1. The van der Waals surface area contributed by atoms with Crippen LogP contribution in [0.4, 0.5) is 4.39 Å². The van der Waals surface area contributed by atoms with E-state index < -0.39 is 5.60 Å². The zero-order chi connectivity index (χ0) is 13.0. The summed E-state index contributed by atoms with van der Waals surface area (Å²) in [6.45, 7) is 0. The number of aromatic nitrogens is 1. The van der Waals surface area contributed by atoms with E-state index >= 15 is 0 Å². The van der Waals surface area contributed by atoms with Gasteiger partial charge in [-0.25, -0.2) is 4.39 Å². The van der Waals surface area contributed by atoms with E-state index in [2.05, 4.69) is 10.9 Å². The van der Waals surface area contributed by atoms with Crippen LogP contribution in [0.2, 0.25) is 0 Å². The van der Waals surface area contributed by atoms with Crippen LogP contribution in [0.15, 0.2) is 48.7 Å². The van der Waals surface area contributed by atoms with Crippen molar-refractivity contribution < 1.29 is 9.50 Å². The van der Waals surface area contributed by atoms with Gasteiger partial charge in [-0.15, -0.1) is 12.3 Å². The van der Waals surface area contributed by atoms with Crippen LogP contribution in [0.5, 0.6) is 0 Å². The number of benzene rings is 1. The Balaban J connectivity index is 2.51. The minimum Gasteiger partial charge on any atom is -0.378 e. The third-order valence-electron chi connectivity index (χ3n) is 2.77. The van der Waals surface area contributed by atoms with Gasteiger partial charge in [-0.05, 0) is 29.8 Å². The Bertz CT molecular complexity index is 559. The van der Waals surface area contributed by atoms with E-state index in [-0.39, 0.29) is 12.2 Å². The number of hydrogen-bond donors (Lipinski definition) is 1. The molecule has 0 aliphatic rings. The van der Waals surface area contributed by atoms with Gasteiger partial charge in [0.15, 0.2) is 0 Å². The molecule has 0 aliphatic heterocycles. The minimum atomic E-state index is -1.39. The predicted molar refractivity (Wildman–Crippen MR) is 67.1 cm³/mol. The molecule has 1 aromatic heterocycles. The second kappa shape index (κ2) is 4.99. The van der Waals surface area contributed by atoms with Crippen LogP contribution in [-0.4, -0.2) is 10.1 Å². The van der Waals surface area contributed by atoms with E-state index in [9.17, 15) is 9.50 Å². The lowest BCUT2D eigenvalue weighted by Crippen LogP contribution is -2.28. The molecular weight excluding hydrogens is 229 g/mol. The molecule has 0 radical (unpaired) electrons. The number of nitrogens with zero attached hydrogens (tertiary/aromatic N) is 1. The van der Waals surface area contributed by atoms with E-state index in [0.29, 0.717) is 11.3 Å². The smallest absolute Gasteiger partial charge is 0.142 e. The van der Waals surface area contributed by atoms with Crippen LogP contribution in [0, 0.1) is 18.2 Å². The second-order valence-electron chi connectivity index (χ2n) is 3.96. The fraction of sp³-hybridized carbons (Fsp3) is 0.133. The number of halogens is 1. The van der Waals surface area contributed by atoms with Crippen LogP contribution >= 0.6 is 0 Å². The van der Waals surface area contributed by atoms with Crippen molar-refractivity contribution in [2.45, 2.75) is 12.0 Å². The lowest BCUT2D eigenvalue weighted by Gasteiger charge is -2.26. The number of terminal acetylenes is 1. The van der Waals surface area contributed by atoms with E-state index in [1.54, 1.807) is 24.4 Å². The average molecular weight is 241 g/mol. The number of aliphatic hydroxyl groups is 1. The van der Waals surface area contributed by atoms with Crippen molar-refractivity contribution in [2.24, 2.45) is 0 Å². The Labute approximate surface area is 105 Å². The topological polar surface area (TPSA) is 33.1 Å². The van der Waals surface area contributed by atoms with Gasteiger partial charge < -0.3 is 5.11 Å². The fourth-order valence-electron chi connectivity index (χ4n) is 1.82. The molecule has 2 nitrogen and oxygen atoms in total. The first kappa shape index (κ1) is 12.3. The first-order chi connectivity index (χ1) is 8.66. The molecule has 0 spiro atoms. The van der Waals surface area contributed by atoms with Gasteiger partial charge in [-0.2, -0.15) is 0 Å². The summed E-state index contributed by atoms with van der Waals surface area (Å²) in [5, 5.41) is 10.7. The molecule has 1 aromatic carbocycles. The monoisotopic (exact) mass is 241 g/mol. The van der Waals surface area contributed by atoms with E-state index in [0.717, 1.165) is 0 Å². The van der Waals surface area contributed by atoms with Crippen LogP contribution in [0.25, 0.3) is 0 Å². The van der Waals surface area contributed by atoms with Crippen LogP contribution < -0.4 is 0 Å². The summed E-state index contributed by atoms with van der Waals surface area (Å²) in [6, 6.07) is 10.8. The fourth-order valence-corrected chi connectivity index (χ4v) is 1.82. The van der Waals surface area contributed by atoms with Crippen molar-refractivity contribution in [2.75, 3.05) is 0 Å². The molecule has 0 saturated carbocycles. The molecule has 1 unspecified atom stereocenters. The van der Waals surface area contributed by atoms with Gasteiger partial charge >= 0.3 is 0 Å². The summed E-state index contributed by atoms with van der Waals surface area (Å²) in [4.78, 5) is 4.13. The maximum atomic E-state index is 12.9. The minimum absolute atomic E-state index is 0.0790. The van der Waals surface area contributed by atoms with E-state index in [1.807, 2.05) is 0 Å². The molecule has 1 atom stereocenters. The molecule has 18 heavy (non-hydrogen) atoms. The lowest BCUT2D eigenvalue weighted by atomic mass is 9.87. The van der Waals surface area contributed by atoms with Crippen molar-refractivity contribution >= 4 is 0 Å². The van der Waals surface area contributed by atoms with Crippen molar-refractivity contribution in [3.05, 3.63) is 65.7 Å². The molecular formula is C15H12FNO. The molecule has 0 fully saturated rings. The molecule has 90 valence electrons. The number of pyridine rings is 1. The summed E-state index contributed by atoms with van der Waals surface area (Å²) in [5.41, 5.74) is -0.404. The lowest BCUT2D eigenvalue weighted by molar-refractivity contribution is 0.0818. The average Bonchev–Trinajstić information content (AvgIpc) is 2.40. The zero-order valence-corrected chi connectivity index (χ0v) is 9.68. The summed E-state index contributed by atoms with van der Waals surface area (Å²) in [6.07, 6.45) is 6.97. The molecule has 2 rings (SSSR count). The first-order valence-corrected chi connectivity index (χ1v) is 5.50. The molecule has 0 amide bonds. The summed E-state index contributed by atoms with van der Waals surface area (Å²) < 4.78 is 12.9. The Hall–Kier alpha value is -2.18. The maximum absolute atomic E-state index is 12.9. The summed E-state index contributed by atoms with van der Waals surface area (Å²) in [5.74, 6) is 2.08. The molecule has 0 bridgehead atoms. The van der Waals surface area contributed by atoms with Gasteiger partial charge in [0.1, 0.15) is 11.4 Å².